The second-order valence-corrected chi connectivity index (χ2v) is 6.80. The van der Waals surface area contributed by atoms with Crippen molar-refractivity contribution in [3.05, 3.63) is 77.0 Å². The van der Waals surface area contributed by atoms with Gasteiger partial charge in [-0.2, -0.15) is 5.10 Å². The number of amides is 1. The van der Waals surface area contributed by atoms with Crippen molar-refractivity contribution >= 4 is 5.91 Å². The van der Waals surface area contributed by atoms with Gasteiger partial charge in [0, 0.05) is 17.7 Å². The molecule has 0 spiro atoms. The number of benzene rings is 1. The molecule has 0 bridgehead atoms. The largest absolute Gasteiger partial charge is 0.467 e. The Morgan fingerprint density at radius 3 is 2.63 bits per heavy atom. The lowest BCUT2D eigenvalue weighted by Gasteiger charge is -2.28. The summed E-state index contributed by atoms with van der Waals surface area (Å²) in [5.74, 6) is 0.620. The van der Waals surface area contributed by atoms with Crippen LogP contribution in [-0.2, 0) is 11.3 Å². The van der Waals surface area contributed by atoms with E-state index in [1.807, 2.05) is 54.3 Å². The lowest BCUT2D eigenvalue weighted by Crippen LogP contribution is -2.40. The summed E-state index contributed by atoms with van der Waals surface area (Å²) < 4.78 is 6.72. The van der Waals surface area contributed by atoms with E-state index in [2.05, 4.69) is 5.10 Å². The fourth-order valence-corrected chi connectivity index (χ4v) is 3.29. The molecule has 6 heteroatoms. The summed E-state index contributed by atoms with van der Waals surface area (Å²) in [7, 11) is 0. The van der Waals surface area contributed by atoms with Crippen molar-refractivity contribution in [1.29, 1.82) is 0 Å². The molecular formula is C21H21N3O3. The van der Waals surface area contributed by atoms with Gasteiger partial charge in [0.2, 0.25) is 5.91 Å². The summed E-state index contributed by atoms with van der Waals surface area (Å²) in [5, 5.41) is 4.40. The van der Waals surface area contributed by atoms with Crippen LogP contribution >= 0.6 is 0 Å². The van der Waals surface area contributed by atoms with Gasteiger partial charge in [-0.1, -0.05) is 30.3 Å². The SMILES string of the molecule is CC(c1ccco1)N(C(=O)Cn1nc(-c2ccccc2)ccc1=O)C1CC1. The van der Waals surface area contributed by atoms with Crippen molar-refractivity contribution in [2.75, 3.05) is 0 Å². The van der Waals surface area contributed by atoms with Crippen LogP contribution in [0.15, 0.2) is 70.1 Å². The Labute approximate surface area is 157 Å². The van der Waals surface area contributed by atoms with E-state index in [1.165, 1.54) is 10.7 Å². The molecular weight excluding hydrogens is 342 g/mol. The summed E-state index contributed by atoms with van der Waals surface area (Å²) in [6.45, 7) is 1.87. The first kappa shape index (κ1) is 17.3. The second kappa shape index (κ2) is 7.23. The third-order valence-electron chi connectivity index (χ3n) is 4.82. The van der Waals surface area contributed by atoms with Gasteiger partial charge >= 0.3 is 0 Å². The van der Waals surface area contributed by atoms with E-state index in [-0.39, 0.29) is 30.1 Å². The molecule has 1 fully saturated rings. The number of nitrogens with zero attached hydrogens (tertiary/aromatic N) is 3. The highest BCUT2D eigenvalue weighted by atomic mass is 16.3. The first-order valence-corrected chi connectivity index (χ1v) is 9.11. The molecule has 1 aliphatic carbocycles. The standard InChI is InChI=1S/C21H21N3O3/c1-15(19-8-5-13-27-19)24(17-9-10-17)21(26)14-23-20(25)12-11-18(22-23)16-6-3-2-4-7-16/h2-8,11-13,15,17H,9-10,14H2,1H3. The van der Waals surface area contributed by atoms with Crippen LogP contribution in [0.4, 0.5) is 0 Å². The van der Waals surface area contributed by atoms with Crippen molar-refractivity contribution in [3.63, 3.8) is 0 Å². The predicted molar refractivity (Wildman–Crippen MR) is 101 cm³/mol. The molecule has 0 N–H and O–H groups in total. The molecule has 1 atom stereocenters. The summed E-state index contributed by atoms with van der Waals surface area (Å²) in [6.07, 6.45) is 3.56. The quantitative estimate of drug-likeness (QED) is 0.674. The van der Waals surface area contributed by atoms with E-state index >= 15 is 0 Å². The maximum Gasteiger partial charge on any atom is 0.267 e. The van der Waals surface area contributed by atoms with E-state index in [0.29, 0.717) is 5.69 Å². The summed E-state index contributed by atoms with van der Waals surface area (Å²) in [6, 6.07) is 16.5. The molecule has 2 aromatic heterocycles. The van der Waals surface area contributed by atoms with E-state index < -0.39 is 0 Å². The molecule has 1 aliphatic rings. The van der Waals surface area contributed by atoms with Crippen LogP contribution < -0.4 is 5.56 Å². The van der Waals surface area contributed by atoms with Crippen LogP contribution in [0.5, 0.6) is 0 Å². The minimum Gasteiger partial charge on any atom is -0.467 e. The molecule has 1 saturated carbocycles. The average Bonchev–Trinajstić information content (AvgIpc) is 3.35. The Balaban J connectivity index is 1.59. The Kier molecular flexibility index (Phi) is 4.62. The van der Waals surface area contributed by atoms with Gasteiger partial charge in [0.1, 0.15) is 12.3 Å². The maximum absolute atomic E-state index is 13.0. The highest BCUT2D eigenvalue weighted by molar-refractivity contribution is 5.77. The normalized spacial score (nSPS) is 14.7. The lowest BCUT2D eigenvalue weighted by molar-refractivity contribution is -0.135. The minimum absolute atomic E-state index is 0.0823. The fourth-order valence-electron chi connectivity index (χ4n) is 3.29. The van der Waals surface area contributed by atoms with Gasteiger partial charge in [0.05, 0.1) is 18.0 Å². The van der Waals surface area contributed by atoms with Gasteiger partial charge in [0.15, 0.2) is 0 Å². The zero-order chi connectivity index (χ0) is 18.8. The van der Waals surface area contributed by atoms with E-state index in [9.17, 15) is 9.59 Å². The van der Waals surface area contributed by atoms with Gasteiger partial charge in [-0.25, -0.2) is 4.68 Å². The third kappa shape index (κ3) is 3.69. The number of furan rings is 1. The van der Waals surface area contributed by atoms with Gasteiger partial charge < -0.3 is 9.32 Å². The smallest absolute Gasteiger partial charge is 0.267 e. The Bertz CT molecular complexity index is 975. The molecule has 3 aromatic rings. The van der Waals surface area contributed by atoms with Crippen molar-refractivity contribution in [2.45, 2.75) is 38.4 Å². The molecule has 2 heterocycles. The monoisotopic (exact) mass is 363 g/mol. The Morgan fingerprint density at radius 2 is 1.96 bits per heavy atom. The first-order chi connectivity index (χ1) is 13.1. The zero-order valence-electron chi connectivity index (χ0n) is 15.1. The van der Waals surface area contributed by atoms with E-state index in [0.717, 1.165) is 24.2 Å². The van der Waals surface area contributed by atoms with Crippen LogP contribution in [0.2, 0.25) is 0 Å². The molecule has 27 heavy (non-hydrogen) atoms. The molecule has 6 nitrogen and oxygen atoms in total. The zero-order valence-corrected chi connectivity index (χ0v) is 15.1. The van der Waals surface area contributed by atoms with Crippen molar-refractivity contribution < 1.29 is 9.21 Å². The van der Waals surface area contributed by atoms with Crippen LogP contribution in [0.1, 0.15) is 31.6 Å². The topological polar surface area (TPSA) is 68.3 Å². The van der Waals surface area contributed by atoms with Crippen LogP contribution in [0.3, 0.4) is 0 Å². The summed E-state index contributed by atoms with van der Waals surface area (Å²) in [4.78, 5) is 27.1. The number of rotatable bonds is 6. The van der Waals surface area contributed by atoms with Crippen LogP contribution in [0.25, 0.3) is 11.3 Å². The Morgan fingerprint density at radius 1 is 1.19 bits per heavy atom. The van der Waals surface area contributed by atoms with Gasteiger partial charge in [-0.3, -0.25) is 9.59 Å². The molecule has 0 saturated heterocycles. The number of hydrogen-bond acceptors (Lipinski definition) is 4. The maximum atomic E-state index is 13.0. The molecule has 1 aromatic carbocycles. The van der Waals surface area contributed by atoms with Crippen LogP contribution in [0, 0.1) is 0 Å². The van der Waals surface area contributed by atoms with E-state index in [1.54, 1.807) is 12.3 Å². The lowest BCUT2D eigenvalue weighted by atomic mass is 10.1. The number of hydrogen-bond donors (Lipinski definition) is 0. The van der Waals surface area contributed by atoms with Crippen molar-refractivity contribution in [3.8, 4) is 11.3 Å². The van der Waals surface area contributed by atoms with E-state index in [4.69, 9.17) is 4.42 Å². The minimum atomic E-state index is -0.288. The number of carbonyl (C=O) groups is 1. The van der Waals surface area contributed by atoms with Gasteiger partial charge in [0.25, 0.3) is 5.56 Å². The summed E-state index contributed by atoms with van der Waals surface area (Å²) >= 11 is 0. The molecule has 138 valence electrons. The molecule has 1 unspecified atom stereocenters. The predicted octanol–water partition coefficient (Wildman–Crippen LogP) is 3.26. The fraction of sp³-hybridized carbons (Fsp3) is 0.286. The molecule has 0 aliphatic heterocycles. The van der Waals surface area contributed by atoms with Gasteiger partial charge in [-0.15, -0.1) is 0 Å². The first-order valence-electron chi connectivity index (χ1n) is 9.11. The molecule has 0 radical (unpaired) electrons. The van der Waals surface area contributed by atoms with Crippen molar-refractivity contribution in [1.82, 2.24) is 14.7 Å². The third-order valence-corrected chi connectivity index (χ3v) is 4.82. The number of aromatic nitrogens is 2. The molecule has 4 rings (SSSR count). The summed E-state index contributed by atoms with van der Waals surface area (Å²) in [5.41, 5.74) is 1.28. The molecule has 1 amide bonds. The van der Waals surface area contributed by atoms with Crippen LogP contribution in [-0.4, -0.2) is 26.6 Å². The Hall–Kier alpha value is -3.15. The van der Waals surface area contributed by atoms with Gasteiger partial charge in [-0.05, 0) is 38.0 Å². The highest BCUT2D eigenvalue weighted by Crippen LogP contribution is 2.34. The second-order valence-electron chi connectivity index (χ2n) is 6.80. The number of carbonyl (C=O) groups excluding carboxylic acids is 1. The van der Waals surface area contributed by atoms with Crippen molar-refractivity contribution in [2.24, 2.45) is 0 Å². The highest BCUT2D eigenvalue weighted by Gasteiger charge is 2.37. The average molecular weight is 363 g/mol.